The maximum atomic E-state index is 2.26. The monoisotopic (exact) mass is 384 g/mol. The van der Waals surface area contributed by atoms with Crippen molar-refractivity contribution in [1.82, 2.24) is 0 Å². The number of hydrogen-bond acceptors (Lipinski definition) is 0. The fourth-order valence-corrected chi connectivity index (χ4v) is 3.02. The van der Waals surface area contributed by atoms with Crippen LogP contribution in [0.15, 0.2) is 109 Å². The lowest BCUT2D eigenvalue weighted by Crippen LogP contribution is -1.83. The molecule has 0 aliphatic rings. The van der Waals surface area contributed by atoms with Crippen molar-refractivity contribution < 1.29 is 0 Å². The predicted molar refractivity (Wildman–Crippen MR) is 134 cm³/mol. The summed E-state index contributed by atoms with van der Waals surface area (Å²) in [6, 6.07) is 38.5. The summed E-state index contributed by atoms with van der Waals surface area (Å²) in [5.74, 6) is 0. The van der Waals surface area contributed by atoms with Gasteiger partial charge in [0.1, 0.15) is 0 Å². The normalized spacial score (nSPS) is 8.90. The molecule has 0 aliphatic carbocycles. The van der Waals surface area contributed by atoms with Crippen LogP contribution >= 0.6 is 0 Å². The highest BCUT2D eigenvalue weighted by molar-refractivity contribution is 5.76. The Balaban J connectivity index is 0.00000152. The Morgan fingerprint density at radius 2 is 0.552 bits per heavy atom. The third kappa shape index (κ3) is 6.47. The molecule has 0 bridgehead atoms. The zero-order chi connectivity index (χ0) is 18.2. The zero-order valence-corrected chi connectivity index (χ0v) is 15.4. The lowest BCUT2D eigenvalue weighted by Gasteiger charge is -2.08. The molecule has 0 radical (unpaired) electrons. The van der Waals surface area contributed by atoms with Crippen molar-refractivity contribution in [2.75, 3.05) is 0 Å². The Labute approximate surface area is 178 Å². The van der Waals surface area contributed by atoms with E-state index >= 15 is 0 Å². The molecule has 0 unspecified atom stereocenters. The van der Waals surface area contributed by atoms with Gasteiger partial charge in [0.15, 0.2) is 0 Å². The molecule has 4 aromatic carbocycles. The molecule has 0 amide bonds. The van der Waals surface area contributed by atoms with Crippen LogP contribution in [-0.4, -0.2) is 0 Å². The van der Waals surface area contributed by atoms with E-state index in [9.17, 15) is 0 Å². The SMILES string of the molecule is C.C.C.CC.c1ccc(-c2cccc(-c3cccc(-c4ccccc4)c3)c2)cc1. The molecule has 0 aliphatic heterocycles. The van der Waals surface area contributed by atoms with E-state index in [1.54, 1.807) is 0 Å². The van der Waals surface area contributed by atoms with Crippen molar-refractivity contribution in [3.05, 3.63) is 109 Å². The minimum Gasteiger partial charge on any atom is -0.0776 e. The van der Waals surface area contributed by atoms with Crippen molar-refractivity contribution in [1.29, 1.82) is 0 Å². The summed E-state index contributed by atoms with van der Waals surface area (Å²) in [7, 11) is 0. The topological polar surface area (TPSA) is 0 Å². The van der Waals surface area contributed by atoms with Gasteiger partial charge in [0, 0.05) is 0 Å². The number of benzene rings is 4. The van der Waals surface area contributed by atoms with Crippen LogP contribution in [-0.2, 0) is 0 Å². The first-order chi connectivity index (χ1) is 12.9. The molecule has 152 valence electrons. The van der Waals surface area contributed by atoms with Crippen LogP contribution in [0.25, 0.3) is 33.4 Å². The molecule has 0 N–H and O–H groups in total. The van der Waals surface area contributed by atoms with E-state index in [-0.39, 0.29) is 22.3 Å². The van der Waals surface area contributed by atoms with Gasteiger partial charge in [-0.25, -0.2) is 0 Å². The molecule has 0 atom stereocenters. The minimum absolute atomic E-state index is 0. The Hall–Kier alpha value is -3.12. The standard InChI is InChI=1S/C24H18.C2H6.3CH4/c1-3-9-19(10-4-1)21-13-7-15-23(17-21)24-16-8-14-22(18-24)20-11-5-2-6-12-20;1-2;;;/h1-18H;1-2H3;3*1H4. The van der Waals surface area contributed by atoms with E-state index in [1.165, 1.54) is 33.4 Å². The molecule has 0 aromatic heterocycles. The average Bonchev–Trinajstić information content (AvgIpc) is 2.77. The average molecular weight is 385 g/mol. The van der Waals surface area contributed by atoms with Gasteiger partial charge < -0.3 is 0 Å². The molecule has 0 heterocycles. The largest absolute Gasteiger partial charge is 0.0776 e. The molecule has 4 rings (SSSR count). The van der Waals surface area contributed by atoms with Crippen LogP contribution < -0.4 is 0 Å². The Morgan fingerprint density at radius 3 is 0.862 bits per heavy atom. The smallest absolute Gasteiger partial charge is 0.0178 e. The maximum absolute atomic E-state index is 2.26. The first kappa shape index (κ1) is 25.9. The molecule has 4 aromatic rings. The van der Waals surface area contributed by atoms with Crippen LogP contribution in [0, 0.1) is 0 Å². The van der Waals surface area contributed by atoms with Crippen molar-refractivity contribution in [2.45, 2.75) is 36.1 Å². The highest BCUT2D eigenvalue weighted by Crippen LogP contribution is 2.29. The second-order valence-corrected chi connectivity index (χ2v) is 5.89. The van der Waals surface area contributed by atoms with Crippen LogP contribution in [0.4, 0.5) is 0 Å². The third-order valence-corrected chi connectivity index (χ3v) is 4.27. The van der Waals surface area contributed by atoms with Crippen molar-refractivity contribution in [2.24, 2.45) is 0 Å². The Bertz CT molecular complexity index is 857. The summed E-state index contributed by atoms with van der Waals surface area (Å²) >= 11 is 0. The van der Waals surface area contributed by atoms with E-state index < -0.39 is 0 Å². The number of rotatable bonds is 3. The molecular weight excluding hydrogens is 348 g/mol. The first-order valence-corrected chi connectivity index (χ1v) is 9.21. The van der Waals surface area contributed by atoms with Gasteiger partial charge in [-0.1, -0.05) is 133 Å². The molecule has 0 saturated carbocycles. The highest BCUT2D eigenvalue weighted by Gasteiger charge is 2.03. The van der Waals surface area contributed by atoms with Gasteiger partial charge in [0.05, 0.1) is 0 Å². The molecule has 29 heavy (non-hydrogen) atoms. The molecule has 0 fully saturated rings. The van der Waals surface area contributed by atoms with E-state index in [0.29, 0.717) is 0 Å². The summed E-state index contributed by atoms with van der Waals surface area (Å²) in [5, 5.41) is 0. The van der Waals surface area contributed by atoms with Gasteiger partial charge >= 0.3 is 0 Å². The lowest BCUT2D eigenvalue weighted by molar-refractivity contribution is 1.50. The zero-order valence-electron chi connectivity index (χ0n) is 15.4. The predicted octanol–water partition coefficient (Wildman–Crippen LogP) is 9.62. The van der Waals surface area contributed by atoms with Gasteiger partial charge in [0.2, 0.25) is 0 Å². The fourth-order valence-electron chi connectivity index (χ4n) is 3.02. The quantitative estimate of drug-likeness (QED) is 0.330. The molecule has 0 heteroatoms. The van der Waals surface area contributed by atoms with E-state index in [1.807, 2.05) is 13.8 Å². The Morgan fingerprint density at radius 1 is 0.310 bits per heavy atom. The van der Waals surface area contributed by atoms with Crippen molar-refractivity contribution in [3.8, 4) is 33.4 Å². The molecule has 0 spiro atoms. The molecule has 0 nitrogen and oxygen atoms in total. The highest BCUT2D eigenvalue weighted by atomic mass is 14.1. The van der Waals surface area contributed by atoms with E-state index in [2.05, 4.69) is 109 Å². The van der Waals surface area contributed by atoms with Crippen LogP contribution in [0.1, 0.15) is 36.1 Å². The third-order valence-electron chi connectivity index (χ3n) is 4.27. The van der Waals surface area contributed by atoms with Crippen molar-refractivity contribution >= 4 is 0 Å². The fraction of sp³-hybridized carbons (Fsp3) is 0.172. The summed E-state index contributed by atoms with van der Waals surface area (Å²) in [6.45, 7) is 4.00. The maximum Gasteiger partial charge on any atom is -0.0178 e. The van der Waals surface area contributed by atoms with Crippen molar-refractivity contribution in [3.63, 3.8) is 0 Å². The Kier molecular flexibility index (Phi) is 11.7. The second-order valence-electron chi connectivity index (χ2n) is 5.89. The van der Waals surface area contributed by atoms with E-state index in [0.717, 1.165) is 0 Å². The summed E-state index contributed by atoms with van der Waals surface area (Å²) in [5.41, 5.74) is 7.48. The van der Waals surface area contributed by atoms with Gasteiger partial charge in [-0.3, -0.25) is 0 Å². The van der Waals surface area contributed by atoms with Crippen LogP contribution in [0.3, 0.4) is 0 Å². The van der Waals surface area contributed by atoms with Crippen LogP contribution in [0.5, 0.6) is 0 Å². The van der Waals surface area contributed by atoms with Gasteiger partial charge in [0.25, 0.3) is 0 Å². The van der Waals surface area contributed by atoms with Gasteiger partial charge in [-0.15, -0.1) is 0 Å². The first-order valence-electron chi connectivity index (χ1n) is 9.21. The second kappa shape index (κ2) is 13.1. The lowest BCUT2D eigenvalue weighted by atomic mass is 9.96. The summed E-state index contributed by atoms with van der Waals surface area (Å²) < 4.78 is 0. The minimum atomic E-state index is 0. The summed E-state index contributed by atoms with van der Waals surface area (Å²) in [4.78, 5) is 0. The number of hydrogen-bond donors (Lipinski definition) is 0. The van der Waals surface area contributed by atoms with E-state index in [4.69, 9.17) is 0 Å². The van der Waals surface area contributed by atoms with Gasteiger partial charge in [-0.2, -0.15) is 0 Å². The molecule has 0 saturated heterocycles. The molecular formula is C29H36. The summed E-state index contributed by atoms with van der Waals surface area (Å²) in [6.07, 6.45) is 0. The van der Waals surface area contributed by atoms with Crippen LogP contribution in [0.2, 0.25) is 0 Å². The van der Waals surface area contributed by atoms with Gasteiger partial charge in [-0.05, 0) is 45.5 Å².